The number of carbonyl (C=O) groups excluding carboxylic acids is 1. The van der Waals surface area contributed by atoms with E-state index in [1.54, 1.807) is 12.1 Å². The minimum Gasteiger partial charge on any atom is -0.426 e. The van der Waals surface area contributed by atoms with Crippen LogP contribution in [-0.4, -0.2) is 5.97 Å². The zero-order valence-corrected chi connectivity index (χ0v) is 16.5. The second-order valence-electron chi connectivity index (χ2n) is 6.83. The van der Waals surface area contributed by atoms with Crippen molar-refractivity contribution in [2.75, 3.05) is 0 Å². The molecule has 0 saturated carbocycles. The molecule has 140 valence electrons. The quantitative estimate of drug-likeness (QED) is 0.458. The largest absolute Gasteiger partial charge is 0.426 e. The van der Waals surface area contributed by atoms with Gasteiger partial charge in [0.15, 0.2) is 0 Å². The molecule has 4 heteroatoms. The second-order valence-corrected chi connectivity index (χ2v) is 7.71. The minimum atomic E-state index is -0.306. The highest BCUT2D eigenvalue weighted by Gasteiger charge is 2.35. The average molecular weight is 409 g/mol. The molecular weight excluding hydrogens is 391 g/mol. The van der Waals surface area contributed by atoms with Crippen molar-refractivity contribution in [1.82, 2.24) is 0 Å². The molecule has 28 heavy (non-hydrogen) atoms. The molecule has 0 aromatic heterocycles. The highest BCUT2D eigenvalue weighted by molar-refractivity contribution is 6.30. The van der Waals surface area contributed by atoms with Crippen LogP contribution < -0.4 is 0 Å². The molecule has 0 amide bonds. The Morgan fingerprint density at radius 3 is 2.04 bits per heavy atom. The number of esters is 1. The third-order valence-electron chi connectivity index (χ3n) is 4.96. The van der Waals surface area contributed by atoms with E-state index in [4.69, 9.17) is 27.9 Å². The number of ether oxygens (including phenoxy) is 1. The monoisotopic (exact) mass is 408 g/mol. The van der Waals surface area contributed by atoms with Crippen molar-refractivity contribution in [2.45, 2.75) is 12.3 Å². The summed E-state index contributed by atoms with van der Waals surface area (Å²) in [6.45, 7) is 0. The first-order valence-electron chi connectivity index (χ1n) is 9.09. The number of carbonyl (C=O) groups is 1. The van der Waals surface area contributed by atoms with Gasteiger partial charge in [0, 0.05) is 21.5 Å². The fraction of sp³-hybridized carbons (Fsp3) is 0.125. The summed E-state index contributed by atoms with van der Waals surface area (Å²) in [6, 6.07) is 24.9. The van der Waals surface area contributed by atoms with Gasteiger partial charge in [-0.2, -0.15) is 0 Å². The first-order valence-corrected chi connectivity index (χ1v) is 9.84. The Morgan fingerprint density at radius 1 is 0.786 bits per heavy atom. The lowest BCUT2D eigenvalue weighted by molar-refractivity contribution is -0.142. The predicted molar refractivity (Wildman–Crippen MR) is 113 cm³/mol. The summed E-state index contributed by atoms with van der Waals surface area (Å²) < 4.78 is 5.73. The Balaban J connectivity index is 1.74. The molecule has 2 atom stereocenters. The van der Waals surface area contributed by atoms with Gasteiger partial charge < -0.3 is 4.74 Å². The smallest absolute Gasteiger partial charge is 0.315 e. The lowest BCUT2D eigenvalue weighted by Crippen LogP contribution is -2.29. The van der Waals surface area contributed by atoms with Gasteiger partial charge >= 0.3 is 5.97 Å². The molecule has 0 unspecified atom stereocenters. The molecule has 4 rings (SSSR count). The summed E-state index contributed by atoms with van der Waals surface area (Å²) in [5, 5.41) is 1.31. The van der Waals surface area contributed by atoms with E-state index < -0.39 is 0 Å². The maximum Gasteiger partial charge on any atom is 0.315 e. The van der Waals surface area contributed by atoms with Gasteiger partial charge in [0.25, 0.3) is 0 Å². The summed E-state index contributed by atoms with van der Waals surface area (Å²) in [5.41, 5.74) is 2.97. The number of hydrogen-bond acceptors (Lipinski definition) is 2. The van der Waals surface area contributed by atoms with Crippen molar-refractivity contribution in [3.8, 4) is 0 Å². The Hall–Kier alpha value is -2.55. The van der Waals surface area contributed by atoms with Crippen LogP contribution in [0.3, 0.4) is 0 Å². The van der Waals surface area contributed by atoms with E-state index in [9.17, 15) is 4.79 Å². The number of halogens is 2. The van der Waals surface area contributed by atoms with Crippen LogP contribution in [0, 0.1) is 5.92 Å². The number of rotatable bonds is 4. The van der Waals surface area contributed by atoms with Crippen LogP contribution in [0.2, 0.25) is 10.0 Å². The summed E-state index contributed by atoms with van der Waals surface area (Å²) >= 11 is 12.1. The first kappa shape index (κ1) is 18.8. The minimum absolute atomic E-state index is 0.107. The molecule has 1 aliphatic heterocycles. The molecule has 0 saturated heterocycles. The fourth-order valence-corrected chi connectivity index (χ4v) is 3.76. The summed E-state index contributed by atoms with van der Waals surface area (Å²) in [4.78, 5) is 13.0. The van der Waals surface area contributed by atoms with Crippen LogP contribution in [-0.2, 0) is 16.0 Å². The van der Waals surface area contributed by atoms with Crippen molar-refractivity contribution in [3.63, 3.8) is 0 Å². The number of cyclic esters (lactones) is 1. The van der Waals surface area contributed by atoms with Gasteiger partial charge in [-0.15, -0.1) is 0 Å². The van der Waals surface area contributed by atoms with Gasteiger partial charge in [-0.3, -0.25) is 4.79 Å². The molecule has 0 radical (unpaired) electrons. The van der Waals surface area contributed by atoms with Gasteiger partial charge in [0.1, 0.15) is 5.76 Å². The van der Waals surface area contributed by atoms with E-state index in [2.05, 4.69) is 0 Å². The van der Waals surface area contributed by atoms with E-state index in [1.165, 1.54) is 0 Å². The van der Waals surface area contributed by atoms with Gasteiger partial charge in [-0.25, -0.2) is 0 Å². The van der Waals surface area contributed by atoms with Gasteiger partial charge in [0.05, 0.1) is 5.92 Å². The van der Waals surface area contributed by atoms with Crippen LogP contribution >= 0.6 is 23.2 Å². The maximum atomic E-state index is 13.0. The standard InChI is InChI=1S/C24H18Cl2O2/c25-19-10-6-17(7-11-19)21-15-23(18-8-12-20(26)13-9-18)28-24(27)22(21)14-16-4-2-1-3-5-16/h1-13,15,21-22H,14H2/t21-,22+/m1/s1. The Morgan fingerprint density at radius 2 is 1.39 bits per heavy atom. The van der Waals surface area contributed by atoms with Crippen LogP contribution in [0.4, 0.5) is 0 Å². The molecule has 3 aromatic rings. The van der Waals surface area contributed by atoms with E-state index in [1.807, 2.05) is 72.8 Å². The molecule has 0 N–H and O–H groups in total. The first-order chi connectivity index (χ1) is 13.6. The Bertz CT molecular complexity index is 993. The maximum absolute atomic E-state index is 13.0. The molecule has 3 aromatic carbocycles. The molecule has 1 heterocycles. The lowest BCUT2D eigenvalue weighted by atomic mass is 9.80. The SMILES string of the molecule is O=C1OC(c2ccc(Cl)cc2)=C[C@H](c2ccc(Cl)cc2)[C@@H]1Cc1ccccc1. The van der Waals surface area contributed by atoms with Gasteiger partial charge in [-0.1, -0.05) is 65.7 Å². The van der Waals surface area contributed by atoms with E-state index in [0.29, 0.717) is 22.2 Å². The molecule has 0 aliphatic carbocycles. The molecular formula is C24H18Cl2O2. The molecule has 2 nitrogen and oxygen atoms in total. The third kappa shape index (κ3) is 4.14. The number of allylic oxidation sites excluding steroid dienone is 1. The van der Waals surface area contributed by atoms with E-state index in [0.717, 1.165) is 16.7 Å². The lowest BCUT2D eigenvalue weighted by Gasteiger charge is -2.29. The predicted octanol–water partition coefficient (Wildman–Crippen LogP) is 6.53. The normalized spacial score (nSPS) is 19.1. The number of hydrogen-bond donors (Lipinski definition) is 0. The highest BCUT2D eigenvalue weighted by Crippen LogP contribution is 2.38. The zero-order valence-electron chi connectivity index (χ0n) is 15.0. The molecule has 0 bridgehead atoms. The third-order valence-corrected chi connectivity index (χ3v) is 5.46. The zero-order chi connectivity index (χ0) is 19.5. The van der Waals surface area contributed by atoms with E-state index in [-0.39, 0.29) is 17.8 Å². The second kappa shape index (κ2) is 8.22. The van der Waals surface area contributed by atoms with Gasteiger partial charge in [0.2, 0.25) is 0 Å². The topological polar surface area (TPSA) is 26.3 Å². The van der Waals surface area contributed by atoms with Crippen molar-refractivity contribution in [2.24, 2.45) is 5.92 Å². The van der Waals surface area contributed by atoms with Crippen molar-refractivity contribution in [1.29, 1.82) is 0 Å². The Kier molecular flexibility index (Phi) is 5.52. The van der Waals surface area contributed by atoms with Crippen molar-refractivity contribution >= 4 is 34.9 Å². The summed E-state index contributed by atoms with van der Waals surface area (Å²) in [5.74, 6) is -0.0776. The molecule has 1 aliphatic rings. The fourth-order valence-electron chi connectivity index (χ4n) is 3.51. The molecule has 0 spiro atoms. The van der Waals surface area contributed by atoms with E-state index >= 15 is 0 Å². The highest BCUT2D eigenvalue weighted by atomic mass is 35.5. The van der Waals surface area contributed by atoms with Crippen LogP contribution in [0.1, 0.15) is 22.6 Å². The van der Waals surface area contributed by atoms with Gasteiger partial charge in [-0.05, 0) is 60.0 Å². The van der Waals surface area contributed by atoms with Crippen LogP contribution in [0.25, 0.3) is 5.76 Å². The Labute approximate surface area is 174 Å². The molecule has 0 fully saturated rings. The number of benzene rings is 3. The summed E-state index contributed by atoms with van der Waals surface area (Å²) in [7, 11) is 0. The van der Waals surface area contributed by atoms with Crippen molar-refractivity contribution < 1.29 is 9.53 Å². The summed E-state index contributed by atoms with van der Waals surface area (Å²) in [6.07, 6.45) is 2.64. The van der Waals surface area contributed by atoms with Crippen molar-refractivity contribution in [3.05, 3.63) is 112 Å². The van der Waals surface area contributed by atoms with Crippen LogP contribution in [0.5, 0.6) is 0 Å². The average Bonchev–Trinajstić information content (AvgIpc) is 2.71. The van der Waals surface area contributed by atoms with Crippen LogP contribution in [0.15, 0.2) is 84.9 Å².